The van der Waals surface area contributed by atoms with Crippen LogP contribution in [0.3, 0.4) is 0 Å². The lowest BCUT2D eigenvalue weighted by molar-refractivity contribution is -0.117. The van der Waals surface area contributed by atoms with Crippen molar-refractivity contribution in [2.45, 2.75) is 39.3 Å². The molecule has 1 amide bonds. The van der Waals surface area contributed by atoms with E-state index in [0.29, 0.717) is 13.1 Å². The Labute approximate surface area is 92.0 Å². The Bertz CT molecular complexity index is 146. The summed E-state index contributed by atoms with van der Waals surface area (Å²) in [4.78, 5) is 11.7. The summed E-state index contributed by atoms with van der Waals surface area (Å²) in [6.45, 7) is 7.34. The molecule has 2 fully saturated rings. The van der Waals surface area contributed by atoms with Gasteiger partial charge in [-0.3, -0.25) is 4.79 Å². The van der Waals surface area contributed by atoms with Gasteiger partial charge in [0, 0.05) is 26.2 Å². The monoisotopic (exact) mass is 218 g/mol. The Morgan fingerprint density at radius 3 is 1.87 bits per heavy atom. The van der Waals surface area contributed by atoms with Crippen LogP contribution >= 0.6 is 0 Å². The first kappa shape index (κ1) is 14.4. The summed E-state index contributed by atoms with van der Waals surface area (Å²) >= 11 is 0. The zero-order chi connectivity index (χ0) is 11.5. The minimum absolute atomic E-state index is 0.546. The molecule has 0 bridgehead atoms. The molecule has 15 heavy (non-hydrogen) atoms. The quantitative estimate of drug-likeness (QED) is 0.678. The van der Waals surface area contributed by atoms with E-state index in [1.54, 1.807) is 4.90 Å². The van der Waals surface area contributed by atoms with Crippen molar-refractivity contribution >= 4 is 6.41 Å². The highest BCUT2D eigenvalue weighted by atomic mass is 19.1. The van der Waals surface area contributed by atoms with Gasteiger partial charge in [-0.05, 0) is 12.8 Å². The number of hydrogen-bond acceptors (Lipinski definition) is 2. The van der Waals surface area contributed by atoms with Gasteiger partial charge in [0.1, 0.15) is 6.17 Å². The molecule has 0 unspecified atom stereocenters. The summed E-state index contributed by atoms with van der Waals surface area (Å²) in [5, 5.41) is 2.79. The molecule has 0 aliphatic carbocycles. The van der Waals surface area contributed by atoms with Crippen molar-refractivity contribution in [2.75, 3.05) is 26.2 Å². The third kappa shape index (κ3) is 8.36. The molecule has 0 aromatic carbocycles. The number of nitrogens with zero attached hydrogens (tertiary/aromatic N) is 1. The molecule has 2 saturated heterocycles. The number of nitrogens with one attached hydrogen (secondary N) is 1. The smallest absolute Gasteiger partial charge is 0.209 e. The first-order valence-electron chi connectivity index (χ1n) is 5.78. The maximum absolute atomic E-state index is 11.5. The Morgan fingerprint density at radius 1 is 1.33 bits per heavy atom. The first-order valence-corrected chi connectivity index (χ1v) is 5.78. The molecule has 2 rings (SSSR count). The number of amides is 1. The molecule has 90 valence electrons. The summed E-state index contributed by atoms with van der Waals surface area (Å²) in [5.41, 5.74) is 0. The number of hydrogen-bond donors (Lipinski definition) is 1. The third-order valence-electron chi connectivity index (χ3n) is 2.02. The Balaban J connectivity index is 0.000000216. The lowest BCUT2D eigenvalue weighted by atomic mass is 10.3. The second-order valence-corrected chi connectivity index (χ2v) is 3.81. The van der Waals surface area contributed by atoms with Crippen molar-refractivity contribution in [1.29, 1.82) is 0 Å². The Morgan fingerprint density at radius 2 is 1.73 bits per heavy atom. The molecule has 1 N–H and O–H groups in total. The van der Waals surface area contributed by atoms with Crippen molar-refractivity contribution < 1.29 is 9.18 Å². The number of carbonyl (C=O) groups excluding carboxylic acids is 1. The van der Waals surface area contributed by atoms with Gasteiger partial charge in [-0.1, -0.05) is 20.3 Å². The van der Waals surface area contributed by atoms with Gasteiger partial charge in [-0.15, -0.1) is 0 Å². The average molecular weight is 218 g/mol. The standard InChI is InChI=1S/C5H9NO.C3H6FN.C3H8/c7-5-6-3-1-2-4-6;4-3-1-5-2-3;1-3-2/h5H,1-4H2;3,5H,1-2H2;3H2,1-2H3. The molecule has 0 atom stereocenters. The fourth-order valence-electron chi connectivity index (χ4n) is 1.10. The molecule has 2 heterocycles. The van der Waals surface area contributed by atoms with E-state index in [1.165, 1.54) is 19.3 Å². The van der Waals surface area contributed by atoms with Gasteiger partial charge in [-0.2, -0.15) is 0 Å². The van der Waals surface area contributed by atoms with Crippen LogP contribution in [0, 0.1) is 0 Å². The van der Waals surface area contributed by atoms with Gasteiger partial charge in [0.15, 0.2) is 0 Å². The fraction of sp³-hybridized carbons (Fsp3) is 0.909. The van der Waals surface area contributed by atoms with E-state index in [2.05, 4.69) is 19.2 Å². The highest BCUT2D eigenvalue weighted by molar-refractivity contribution is 5.47. The average Bonchev–Trinajstić information content (AvgIpc) is 2.69. The van der Waals surface area contributed by atoms with E-state index in [1.807, 2.05) is 0 Å². The molecule has 0 spiro atoms. The normalized spacial score (nSPS) is 19.3. The van der Waals surface area contributed by atoms with Gasteiger partial charge in [0.25, 0.3) is 0 Å². The summed E-state index contributed by atoms with van der Waals surface area (Å²) in [5.74, 6) is 0. The van der Waals surface area contributed by atoms with Crippen molar-refractivity contribution in [3.8, 4) is 0 Å². The highest BCUT2D eigenvalue weighted by Gasteiger charge is 2.12. The zero-order valence-corrected chi connectivity index (χ0v) is 9.84. The van der Waals surface area contributed by atoms with E-state index in [0.717, 1.165) is 19.5 Å². The first-order chi connectivity index (χ1) is 7.24. The summed E-state index contributed by atoms with van der Waals surface area (Å²) in [6.07, 6.45) is 4.01. The molecule has 0 aromatic heterocycles. The number of halogens is 1. The minimum atomic E-state index is -0.546. The van der Waals surface area contributed by atoms with E-state index in [9.17, 15) is 9.18 Å². The van der Waals surface area contributed by atoms with Crippen molar-refractivity contribution in [1.82, 2.24) is 10.2 Å². The predicted octanol–water partition coefficient (Wildman–Crippen LogP) is 1.58. The molecule has 3 nitrogen and oxygen atoms in total. The molecule has 0 saturated carbocycles. The van der Waals surface area contributed by atoms with Crippen LogP contribution < -0.4 is 5.32 Å². The maximum Gasteiger partial charge on any atom is 0.209 e. The van der Waals surface area contributed by atoms with Crippen LogP contribution in [0.2, 0.25) is 0 Å². The summed E-state index contributed by atoms with van der Waals surface area (Å²) < 4.78 is 11.5. The Hall–Kier alpha value is -0.640. The Kier molecular flexibility index (Phi) is 9.48. The van der Waals surface area contributed by atoms with Gasteiger partial charge in [-0.25, -0.2) is 4.39 Å². The number of alkyl halides is 1. The van der Waals surface area contributed by atoms with E-state index >= 15 is 0 Å². The van der Waals surface area contributed by atoms with Gasteiger partial charge in [0.2, 0.25) is 6.41 Å². The second kappa shape index (κ2) is 9.90. The van der Waals surface area contributed by atoms with Gasteiger partial charge < -0.3 is 10.2 Å². The molecule has 2 aliphatic heterocycles. The molecule has 4 heteroatoms. The van der Waals surface area contributed by atoms with Crippen LogP contribution in [0.15, 0.2) is 0 Å². The minimum Gasteiger partial charge on any atom is -0.345 e. The second-order valence-electron chi connectivity index (χ2n) is 3.81. The lowest BCUT2D eigenvalue weighted by Gasteiger charge is -2.17. The van der Waals surface area contributed by atoms with E-state index in [-0.39, 0.29) is 0 Å². The SMILES string of the molecule is CCC.FC1CNC1.O=CN1CCCC1. The lowest BCUT2D eigenvalue weighted by Crippen LogP contribution is -2.43. The van der Waals surface area contributed by atoms with Crippen molar-refractivity contribution in [3.63, 3.8) is 0 Å². The number of likely N-dealkylation sites (tertiary alicyclic amines) is 1. The summed E-state index contributed by atoms with van der Waals surface area (Å²) in [6, 6.07) is 0. The zero-order valence-electron chi connectivity index (χ0n) is 9.84. The third-order valence-corrected chi connectivity index (χ3v) is 2.02. The number of rotatable bonds is 1. The molecular weight excluding hydrogens is 195 g/mol. The van der Waals surface area contributed by atoms with E-state index < -0.39 is 6.17 Å². The van der Waals surface area contributed by atoms with Crippen LogP contribution in [-0.2, 0) is 4.79 Å². The van der Waals surface area contributed by atoms with Crippen LogP contribution in [-0.4, -0.2) is 43.7 Å². The topological polar surface area (TPSA) is 32.3 Å². The van der Waals surface area contributed by atoms with Crippen LogP contribution in [0.5, 0.6) is 0 Å². The molecule has 2 aliphatic rings. The maximum atomic E-state index is 11.5. The fourth-order valence-corrected chi connectivity index (χ4v) is 1.10. The molecule has 0 radical (unpaired) electrons. The predicted molar refractivity (Wildman–Crippen MR) is 60.6 cm³/mol. The van der Waals surface area contributed by atoms with Crippen molar-refractivity contribution in [3.05, 3.63) is 0 Å². The van der Waals surface area contributed by atoms with Crippen LogP contribution in [0.4, 0.5) is 4.39 Å². The van der Waals surface area contributed by atoms with Crippen LogP contribution in [0.25, 0.3) is 0 Å². The summed E-state index contributed by atoms with van der Waals surface area (Å²) in [7, 11) is 0. The molecule has 0 aromatic rings. The largest absolute Gasteiger partial charge is 0.345 e. The number of carbonyl (C=O) groups is 1. The van der Waals surface area contributed by atoms with Gasteiger partial charge >= 0.3 is 0 Å². The highest BCUT2D eigenvalue weighted by Crippen LogP contribution is 2.02. The van der Waals surface area contributed by atoms with E-state index in [4.69, 9.17) is 0 Å². The van der Waals surface area contributed by atoms with Crippen LogP contribution in [0.1, 0.15) is 33.1 Å². The van der Waals surface area contributed by atoms with Gasteiger partial charge in [0.05, 0.1) is 0 Å². The molecular formula is C11H23FN2O. The van der Waals surface area contributed by atoms with Crippen molar-refractivity contribution in [2.24, 2.45) is 0 Å².